The van der Waals surface area contributed by atoms with Gasteiger partial charge in [-0.2, -0.15) is 0 Å². The van der Waals surface area contributed by atoms with E-state index >= 15 is 0 Å². The highest BCUT2D eigenvalue weighted by molar-refractivity contribution is 9.10. The fourth-order valence-electron chi connectivity index (χ4n) is 3.46. The Bertz CT molecular complexity index is 1330. The lowest BCUT2D eigenvalue weighted by Crippen LogP contribution is -2.33. The second-order valence-corrected chi connectivity index (χ2v) is 9.38. The van der Waals surface area contributed by atoms with Crippen molar-refractivity contribution in [2.24, 2.45) is 0 Å². The Morgan fingerprint density at radius 2 is 2.00 bits per heavy atom. The third-order valence-electron chi connectivity index (χ3n) is 5.16. The van der Waals surface area contributed by atoms with E-state index in [1.54, 1.807) is 12.1 Å². The number of aryl methyl sites for hydroxylation is 1. The van der Waals surface area contributed by atoms with Crippen molar-refractivity contribution in [2.75, 3.05) is 5.32 Å². The van der Waals surface area contributed by atoms with Crippen molar-refractivity contribution in [1.82, 2.24) is 9.55 Å². The highest BCUT2D eigenvalue weighted by Gasteiger charge is 2.23. The first kappa shape index (κ1) is 21.7. The molecule has 158 valence electrons. The van der Waals surface area contributed by atoms with Crippen LogP contribution in [0.5, 0.6) is 0 Å². The van der Waals surface area contributed by atoms with Crippen LogP contribution in [-0.2, 0) is 4.79 Å². The molecule has 5 nitrogen and oxygen atoms in total. The lowest BCUT2D eigenvalue weighted by Gasteiger charge is -2.18. The number of thiophene rings is 1. The number of nitrogens with one attached hydrogen (secondary N) is 1. The van der Waals surface area contributed by atoms with Crippen molar-refractivity contribution in [2.45, 2.75) is 26.3 Å². The number of anilines is 1. The molecular weight excluding hydrogens is 498 g/mol. The largest absolute Gasteiger partial charge is 0.324 e. The summed E-state index contributed by atoms with van der Waals surface area (Å²) in [5, 5.41) is 5.90. The molecule has 0 radical (unpaired) electrons. The standard InChI is InChI=1S/C23H19BrClN3O2S/c1-3-19(21(29)27-18-10-16(25)9-4-13(18)2)28-12-26-22-20(23(28)30)17(11-31-22)14-5-7-15(24)8-6-14/h4-12,19H,3H2,1-2H3,(H,27,29). The molecule has 1 amide bonds. The van der Waals surface area contributed by atoms with Gasteiger partial charge < -0.3 is 5.32 Å². The molecular formula is C23H19BrClN3O2S. The summed E-state index contributed by atoms with van der Waals surface area (Å²) >= 11 is 10.9. The molecule has 0 saturated carbocycles. The van der Waals surface area contributed by atoms with Gasteiger partial charge in [-0.25, -0.2) is 4.98 Å². The number of halogens is 2. The van der Waals surface area contributed by atoms with E-state index in [0.717, 1.165) is 21.2 Å². The maximum absolute atomic E-state index is 13.4. The van der Waals surface area contributed by atoms with E-state index in [-0.39, 0.29) is 11.5 Å². The predicted molar refractivity (Wildman–Crippen MR) is 131 cm³/mol. The summed E-state index contributed by atoms with van der Waals surface area (Å²) in [6.07, 6.45) is 1.90. The molecule has 1 N–H and O–H groups in total. The summed E-state index contributed by atoms with van der Waals surface area (Å²) < 4.78 is 2.39. The molecule has 0 fully saturated rings. The van der Waals surface area contributed by atoms with Gasteiger partial charge in [-0.1, -0.05) is 52.7 Å². The summed E-state index contributed by atoms with van der Waals surface area (Å²) in [4.78, 5) is 31.7. The van der Waals surface area contributed by atoms with Crippen molar-refractivity contribution < 1.29 is 4.79 Å². The zero-order valence-electron chi connectivity index (χ0n) is 16.9. The zero-order chi connectivity index (χ0) is 22.1. The number of fused-ring (bicyclic) bond motifs is 1. The summed E-state index contributed by atoms with van der Waals surface area (Å²) in [5.74, 6) is -0.281. The Balaban J connectivity index is 1.75. The molecule has 0 saturated heterocycles. The lowest BCUT2D eigenvalue weighted by molar-refractivity contribution is -0.119. The second kappa shape index (κ2) is 8.94. The van der Waals surface area contributed by atoms with Crippen molar-refractivity contribution in [1.29, 1.82) is 0 Å². The Labute approximate surface area is 196 Å². The lowest BCUT2D eigenvalue weighted by atomic mass is 10.1. The normalized spacial score (nSPS) is 12.1. The summed E-state index contributed by atoms with van der Waals surface area (Å²) in [6, 6.07) is 12.4. The SMILES string of the molecule is CCC(C(=O)Nc1cc(Cl)ccc1C)n1cnc2scc(-c3ccc(Br)cc3)c2c1=O. The minimum atomic E-state index is -0.694. The van der Waals surface area contributed by atoms with Crippen LogP contribution >= 0.6 is 38.9 Å². The molecule has 8 heteroatoms. The van der Waals surface area contributed by atoms with Crippen LogP contribution in [0.4, 0.5) is 5.69 Å². The van der Waals surface area contributed by atoms with E-state index in [2.05, 4.69) is 26.2 Å². The molecule has 1 atom stereocenters. The summed E-state index contributed by atoms with van der Waals surface area (Å²) in [7, 11) is 0. The average molecular weight is 517 g/mol. The van der Waals surface area contributed by atoms with Crippen LogP contribution in [0.3, 0.4) is 0 Å². The Hall–Kier alpha value is -2.48. The number of amides is 1. The molecule has 0 aliphatic heterocycles. The third kappa shape index (κ3) is 4.31. The number of hydrogen-bond acceptors (Lipinski definition) is 4. The summed E-state index contributed by atoms with van der Waals surface area (Å²) in [5.41, 5.74) is 3.04. The molecule has 0 aliphatic carbocycles. The van der Waals surface area contributed by atoms with Gasteiger partial charge in [0, 0.05) is 26.1 Å². The highest BCUT2D eigenvalue weighted by atomic mass is 79.9. The number of rotatable bonds is 5. The van der Waals surface area contributed by atoms with Crippen LogP contribution < -0.4 is 10.9 Å². The van der Waals surface area contributed by atoms with Gasteiger partial charge in [-0.3, -0.25) is 14.2 Å². The zero-order valence-corrected chi connectivity index (χ0v) is 20.0. The maximum Gasteiger partial charge on any atom is 0.263 e. The Kier molecular flexibility index (Phi) is 6.27. The predicted octanol–water partition coefficient (Wildman–Crippen LogP) is 6.44. The van der Waals surface area contributed by atoms with E-state index in [9.17, 15) is 9.59 Å². The minimum Gasteiger partial charge on any atom is -0.324 e. The van der Waals surface area contributed by atoms with Gasteiger partial charge >= 0.3 is 0 Å². The summed E-state index contributed by atoms with van der Waals surface area (Å²) in [6.45, 7) is 3.76. The van der Waals surface area contributed by atoms with Crippen LogP contribution in [0.1, 0.15) is 24.9 Å². The first-order valence-electron chi connectivity index (χ1n) is 9.70. The van der Waals surface area contributed by atoms with Gasteiger partial charge in [0.05, 0.1) is 11.7 Å². The molecule has 31 heavy (non-hydrogen) atoms. The fourth-order valence-corrected chi connectivity index (χ4v) is 4.81. The third-order valence-corrected chi connectivity index (χ3v) is 6.81. The molecule has 4 aromatic rings. The fraction of sp³-hybridized carbons (Fsp3) is 0.174. The van der Waals surface area contributed by atoms with Crippen molar-refractivity contribution in [3.05, 3.63) is 79.6 Å². The van der Waals surface area contributed by atoms with Crippen LogP contribution in [0.25, 0.3) is 21.3 Å². The number of benzene rings is 2. The number of nitrogens with zero attached hydrogens (tertiary/aromatic N) is 2. The molecule has 0 aliphatic rings. The van der Waals surface area contributed by atoms with E-state index < -0.39 is 6.04 Å². The quantitative estimate of drug-likeness (QED) is 0.332. The van der Waals surface area contributed by atoms with Crippen molar-refractivity contribution >= 4 is 60.7 Å². The van der Waals surface area contributed by atoms with Crippen molar-refractivity contribution in [3.8, 4) is 11.1 Å². The first-order valence-corrected chi connectivity index (χ1v) is 11.8. The van der Waals surface area contributed by atoms with Gasteiger partial charge in [0.25, 0.3) is 5.56 Å². The van der Waals surface area contributed by atoms with Crippen LogP contribution in [-0.4, -0.2) is 15.5 Å². The van der Waals surface area contributed by atoms with E-state index in [1.165, 1.54) is 22.2 Å². The number of aromatic nitrogens is 2. The molecule has 2 aromatic carbocycles. The van der Waals surface area contributed by atoms with E-state index in [1.807, 2.05) is 49.6 Å². The van der Waals surface area contributed by atoms with E-state index in [0.29, 0.717) is 27.3 Å². The molecule has 4 rings (SSSR count). The van der Waals surface area contributed by atoms with Crippen LogP contribution in [0, 0.1) is 6.92 Å². The Morgan fingerprint density at radius 1 is 1.26 bits per heavy atom. The first-order chi connectivity index (χ1) is 14.9. The molecule has 1 unspecified atom stereocenters. The molecule has 2 aromatic heterocycles. The molecule has 2 heterocycles. The number of carbonyl (C=O) groups excluding carboxylic acids is 1. The van der Waals surface area contributed by atoms with Gasteiger partial charge in [0.15, 0.2) is 0 Å². The molecule has 0 bridgehead atoms. The smallest absolute Gasteiger partial charge is 0.263 e. The van der Waals surface area contributed by atoms with Gasteiger partial charge in [0.1, 0.15) is 10.9 Å². The monoisotopic (exact) mass is 515 g/mol. The topological polar surface area (TPSA) is 64.0 Å². The van der Waals surface area contributed by atoms with Crippen LogP contribution in [0.2, 0.25) is 5.02 Å². The highest BCUT2D eigenvalue weighted by Crippen LogP contribution is 2.32. The number of hydrogen-bond donors (Lipinski definition) is 1. The van der Waals surface area contributed by atoms with E-state index in [4.69, 9.17) is 11.6 Å². The number of carbonyl (C=O) groups is 1. The molecule has 0 spiro atoms. The minimum absolute atomic E-state index is 0.228. The Morgan fingerprint density at radius 3 is 2.71 bits per heavy atom. The van der Waals surface area contributed by atoms with Crippen molar-refractivity contribution in [3.63, 3.8) is 0 Å². The van der Waals surface area contributed by atoms with Gasteiger partial charge in [-0.15, -0.1) is 11.3 Å². The maximum atomic E-state index is 13.4. The second-order valence-electron chi connectivity index (χ2n) is 7.17. The van der Waals surface area contributed by atoms with Gasteiger partial charge in [-0.05, 0) is 48.7 Å². The van der Waals surface area contributed by atoms with Gasteiger partial charge in [0.2, 0.25) is 5.91 Å². The average Bonchev–Trinajstić information content (AvgIpc) is 3.18. The van der Waals surface area contributed by atoms with Crippen LogP contribution in [0.15, 0.2) is 63.4 Å².